The van der Waals surface area contributed by atoms with Gasteiger partial charge in [-0.2, -0.15) is 0 Å². The van der Waals surface area contributed by atoms with E-state index in [0.29, 0.717) is 11.6 Å². The summed E-state index contributed by atoms with van der Waals surface area (Å²) in [6.07, 6.45) is 1.76. The molecule has 0 radical (unpaired) electrons. The van der Waals surface area contributed by atoms with Gasteiger partial charge in [0, 0.05) is 0 Å². The zero-order chi connectivity index (χ0) is 15.7. The van der Waals surface area contributed by atoms with Crippen molar-refractivity contribution >= 4 is 29.3 Å². The molecule has 3 rings (SSSR count). The summed E-state index contributed by atoms with van der Waals surface area (Å²) in [4.78, 5) is 17.1. The van der Waals surface area contributed by atoms with Crippen LogP contribution in [0.1, 0.15) is 36.8 Å². The van der Waals surface area contributed by atoms with E-state index in [1.807, 2.05) is 29.6 Å². The highest BCUT2D eigenvalue weighted by Crippen LogP contribution is 2.24. The summed E-state index contributed by atoms with van der Waals surface area (Å²) in [6, 6.07) is 12.0. The van der Waals surface area contributed by atoms with Gasteiger partial charge in [-0.1, -0.05) is 51.1 Å². The number of carbonyl (C=O) groups is 1. The van der Waals surface area contributed by atoms with Crippen molar-refractivity contribution in [1.29, 1.82) is 0 Å². The first-order valence-corrected chi connectivity index (χ1v) is 7.98. The number of esters is 1. The molecule has 1 aromatic carbocycles. The molecule has 0 bridgehead atoms. The van der Waals surface area contributed by atoms with E-state index in [1.165, 1.54) is 16.9 Å². The van der Waals surface area contributed by atoms with Crippen LogP contribution < -0.4 is 0 Å². The first-order valence-electron chi connectivity index (χ1n) is 7.10. The number of thiophene rings is 1. The highest BCUT2D eigenvalue weighted by molar-refractivity contribution is 7.12. The van der Waals surface area contributed by atoms with E-state index in [1.54, 1.807) is 6.08 Å². The van der Waals surface area contributed by atoms with Crippen molar-refractivity contribution in [3.63, 3.8) is 0 Å². The van der Waals surface area contributed by atoms with Gasteiger partial charge in [0.1, 0.15) is 0 Å². The summed E-state index contributed by atoms with van der Waals surface area (Å²) in [6.45, 7) is 6.52. The minimum absolute atomic E-state index is 0.114. The number of nitrogens with zero attached hydrogens (tertiary/aromatic N) is 1. The van der Waals surface area contributed by atoms with Crippen LogP contribution in [0.25, 0.3) is 6.08 Å². The Balaban J connectivity index is 1.87. The van der Waals surface area contributed by atoms with E-state index in [9.17, 15) is 4.79 Å². The average molecular weight is 311 g/mol. The lowest BCUT2D eigenvalue weighted by Gasteiger charge is -2.18. The third-order valence-corrected chi connectivity index (χ3v) is 4.29. The standard InChI is InChI=1S/C18H17NO2S/c1-18(2,3)13-8-6-12(7-9-13)11-14-17(20)21-16(19-14)15-5-4-10-22-15/h4-11H,1-3H3. The van der Waals surface area contributed by atoms with E-state index in [0.717, 1.165) is 10.4 Å². The second kappa shape index (κ2) is 5.54. The van der Waals surface area contributed by atoms with Crippen LogP contribution in [0.4, 0.5) is 0 Å². The minimum Gasteiger partial charge on any atom is -0.401 e. The molecule has 2 heterocycles. The molecular weight excluding hydrogens is 294 g/mol. The van der Waals surface area contributed by atoms with Gasteiger partial charge >= 0.3 is 5.97 Å². The molecular formula is C18H17NO2S. The Hall–Kier alpha value is -2.20. The van der Waals surface area contributed by atoms with Gasteiger partial charge in [-0.05, 0) is 34.1 Å². The highest BCUT2D eigenvalue weighted by Gasteiger charge is 2.24. The Labute approximate surface area is 134 Å². The number of hydrogen-bond acceptors (Lipinski definition) is 4. The molecule has 0 fully saturated rings. The van der Waals surface area contributed by atoms with Crippen molar-refractivity contribution < 1.29 is 9.53 Å². The summed E-state index contributed by atoms with van der Waals surface area (Å²) in [5.74, 6) is -0.0131. The molecule has 2 aromatic rings. The monoisotopic (exact) mass is 311 g/mol. The Morgan fingerprint density at radius 2 is 1.86 bits per heavy atom. The second-order valence-electron chi connectivity index (χ2n) is 6.19. The van der Waals surface area contributed by atoms with E-state index in [4.69, 9.17) is 4.74 Å². The van der Waals surface area contributed by atoms with Crippen LogP contribution in [0.3, 0.4) is 0 Å². The molecule has 0 aliphatic carbocycles. The fraction of sp³-hybridized carbons (Fsp3) is 0.222. The molecule has 112 valence electrons. The molecule has 0 spiro atoms. The molecule has 1 aliphatic rings. The number of hydrogen-bond donors (Lipinski definition) is 0. The van der Waals surface area contributed by atoms with Crippen LogP contribution in [0.15, 0.2) is 52.5 Å². The molecule has 0 unspecified atom stereocenters. The Kier molecular flexibility index (Phi) is 3.71. The number of benzene rings is 1. The van der Waals surface area contributed by atoms with Crippen molar-refractivity contribution in [2.75, 3.05) is 0 Å². The third kappa shape index (κ3) is 3.02. The zero-order valence-electron chi connectivity index (χ0n) is 12.8. The van der Waals surface area contributed by atoms with Crippen molar-refractivity contribution in [2.45, 2.75) is 26.2 Å². The molecule has 3 nitrogen and oxygen atoms in total. The lowest BCUT2D eigenvalue weighted by molar-refractivity contribution is -0.129. The normalized spacial score (nSPS) is 16.8. The molecule has 0 saturated carbocycles. The summed E-state index contributed by atoms with van der Waals surface area (Å²) in [5, 5.41) is 1.93. The van der Waals surface area contributed by atoms with E-state index >= 15 is 0 Å². The number of cyclic esters (lactones) is 1. The Morgan fingerprint density at radius 1 is 1.14 bits per heavy atom. The van der Waals surface area contributed by atoms with Gasteiger partial charge in [0.2, 0.25) is 5.90 Å². The topological polar surface area (TPSA) is 38.7 Å². The molecule has 1 aromatic heterocycles. The van der Waals surface area contributed by atoms with Crippen LogP contribution in [-0.2, 0) is 14.9 Å². The molecule has 22 heavy (non-hydrogen) atoms. The van der Waals surface area contributed by atoms with Gasteiger partial charge in [-0.15, -0.1) is 11.3 Å². The first kappa shape index (κ1) is 14.7. The SMILES string of the molecule is CC(C)(C)c1ccc(C=C2N=C(c3cccs3)OC2=O)cc1. The van der Waals surface area contributed by atoms with Crippen molar-refractivity contribution in [1.82, 2.24) is 0 Å². The highest BCUT2D eigenvalue weighted by atomic mass is 32.1. The quantitative estimate of drug-likeness (QED) is 0.609. The molecule has 0 N–H and O–H groups in total. The number of aliphatic imine (C=N–C) groups is 1. The fourth-order valence-corrected chi connectivity index (χ4v) is 2.80. The average Bonchev–Trinajstić information content (AvgIpc) is 3.09. The summed E-state index contributed by atoms with van der Waals surface area (Å²) < 4.78 is 5.22. The first-order chi connectivity index (χ1) is 10.4. The summed E-state index contributed by atoms with van der Waals surface area (Å²) in [7, 11) is 0. The van der Waals surface area contributed by atoms with Gasteiger partial charge in [-0.3, -0.25) is 0 Å². The van der Waals surface area contributed by atoms with Crippen molar-refractivity contribution in [3.8, 4) is 0 Å². The lowest BCUT2D eigenvalue weighted by Crippen LogP contribution is -2.10. The number of rotatable bonds is 2. The Morgan fingerprint density at radius 3 is 2.45 bits per heavy atom. The van der Waals surface area contributed by atoms with Crippen LogP contribution in [0.2, 0.25) is 0 Å². The fourth-order valence-electron chi connectivity index (χ4n) is 2.15. The van der Waals surface area contributed by atoms with E-state index in [-0.39, 0.29) is 5.41 Å². The van der Waals surface area contributed by atoms with Crippen LogP contribution in [-0.4, -0.2) is 11.9 Å². The van der Waals surface area contributed by atoms with Crippen LogP contribution in [0, 0.1) is 0 Å². The maximum atomic E-state index is 11.9. The van der Waals surface area contributed by atoms with Gasteiger partial charge in [0.05, 0.1) is 4.88 Å². The number of ether oxygens (including phenoxy) is 1. The molecule has 0 saturated heterocycles. The van der Waals surface area contributed by atoms with Gasteiger partial charge in [0.15, 0.2) is 5.70 Å². The maximum absolute atomic E-state index is 11.9. The summed E-state index contributed by atoms with van der Waals surface area (Å²) in [5.41, 5.74) is 2.65. The smallest absolute Gasteiger partial charge is 0.363 e. The molecule has 0 atom stereocenters. The zero-order valence-corrected chi connectivity index (χ0v) is 13.6. The molecule has 1 aliphatic heterocycles. The second-order valence-corrected chi connectivity index (χ2v) is 7.13. The Bertz CT molecular complexity index is 747. The van der Waals surface area contributed by atoms with Crippen molar-refractivity contribution in [2.24, 2.45) is 4.99 Å². The molecule has 0 amide bonds. The molecule has 4 heteroatoms. The largest absolute Gasteiger partial charge is 0.401 e. The van der Waals surface area contributed by atoms with Gasteiger partial charge < -0.3 is 4.74 Å². The summed E-state index contributed by atoms with van der Waals surface area (Å²) >= 11 is 1.50. The van der Waals surface area contributed by atoms with Gasteiger partial charge in [0.25, 0.3) is 0 Å². The van der Waals surface area contributed by atoms with Crippen LogP contribution >= 0.6 is 11.3 Å². The minimum atomic E-state index is -0.400. The van der Waals surface area contributed by atoms with Crippen molar-refractivity contribution in [3.05, 3.63) is 63.5 Å². The van der Waals surface area contributed by atoms with Gasteiger partial charge in [-0.25, -0.2) is 9.79 Å². The predicted octanol–water partition coefficient (Wildman–Crippen LogP) is 4.39. The maximum Gasteiger partial charge on any atom is 0.363 e. The predicted molar refractivity (Wildman–Crippen MR) is 90.1 cm³/mol. The number of carbonyl (C=O) groups excluding carboxylic acids is 1. The lowest BCUT2D eigenvalue weighted by atomic mass is 9.87. The van der Waals surface area contributed by atoms with Crippen LogP contribution in [0.5, 0.6) is 0 Å². The van der Waals surface area contributed by atoms with E-state index < -0.39 is 5.97 Å². The third-order valence-electron chi connectivity index (χ3n) is 3.43. The van der Waals surface area contributed by atoms with E-state index in [2.05, 4.69) is 37.9 Å².